The first-order valence-corrected chi connectivity index (χ1v) is 2.17. The monoisotopic (exact) mass is 71.1 g/mol. The smallest absolute Gasteiger partial charge is 0.0190 e. The minimum atomic E-state index is 0.884. The zero-order valence-corrected chi connectivity index (χ0v) is 3.49. The van der Waals surface area contributed by atoms with Gasteiger partial charge in [-0.1, -0.05) is 6.92 Å². The highest BCUT2D eigenvalue weighted by Crippen LogP contribution is 1.98. The van der Waals surface area contributed by atoms with Crippen molar-refractivity contribution in [3.05, 3.63) is 0 Å². The molecule has 30 valence electrons. The Morgan fingerprint density at radius 3 is 2.60 bits per heavy atom. The van der Waals surface area contributed by atoms with Gasteiger partial charge in [0.25, 0.3) is 0 Å². The number of hydrogen-bond acceptors (Lipinski definition) is 1. The lowest BCUT2D eigenvalue weighted by Gasteiger charge is -1.71. The van der Waals surface area contributed by atoms with Crippen molar-refractivity contribution in [1.82, 2.24) is 5.32 Å². The first-order valence-electron chi connectivity index (χ1n) is 2.17. The van der Waals surface area contributed by atoms with Gasteiger partial charge < -0.3 is 5.32 Å². The zero-order chi connectivity index (χ0) is 3.70. The summed E-state index contributed by atoms with van der Waals surface area (Å²) in [6.07, 6.45) is 1.31. The predicted octanol–water partition coefficient (Wildman–Crippen LogP) is 0.368. The molecule has 1 nitrogen and oxygen atoms in total. The van der Waals surface area contributed by atoms with Crippen LogP contribution in [0.15, 0.2) is 0 Å². The molecule has 0 amide bonds. The minimum absolute atomic E-state index is 0.884. The Hall–Kier alpha value is -0.0400. The summed E-state index contributed by atoms with van der Waals surface area (Å²) in [5.74, 6) is 0. The third kappa shape index (κ3) is 0.618. The predicted molar refractivity (Wildman–Crippen MR) is 22.1 cm³/mol. The summed E-state index contributed by atoms with van der Waals surface area (Å²) < 4.78 is 0. The average molecular weight is 71.1 g/mol. The van der Waals surface area contributed by atoms with Crippen molar-refractivity contribution in [3.63, 3.8) is 0 Å². The van der Waals surface area contributed by atoms with E-state index in [1.165, 1.54) is 13.0 Å². The van der Waals surface area contributed by atoms with Crippen molar-refractivity contribution in [2.45, 2.75) is 19.4 Å². The van der Waals surface area contributed by atoms with Gasteiger partial charge in [-0.25, -0.2) is 0 Å². The Balaban J connectivity index is 2.00. The lowest BCUT2D eigenvalue weighted by molar-refractivity contribution is 0.894. The highest BCUT2D eigenvalue weighted by molar-refractivity contribution is 4.80. The summed E-state index contributed by atoms with van der Waals surface area (Å²) in [5.41, 5.74) is 0. The van der Waals surface area contributed by atoms with Gasteiger partial charge in [-0.2, -0.15) is 0 Å². The van der Waals surface area contributed by atoms with E-state index in [4.69, 9.17) is 0 Å². The molecule has 1 saturated heterocycles. The summed E-state index contributed by atoms with van der Waals surface area (Å²) in [4.78, 5) is 0. The third-order valence-electron chi connectivity index (χ3n) is 0.986. The number of hydrogen-bond donors (Lipinski definition) is 1. The van der Waals surface area contributed by atoms with Crippen LogP contribution in [0.25, 0.3) is 0 Å². The molecular formula is C4H9N. The van der Waals surface area contributed by atoms with Crippen molar-refractivity contribution < 1.29 is 0 Å². The lowest BCUT2D eigenvalue weighted by atomic mass is 10.4. The van der Waals surface area contributed by atoms with Gasteiger partial charge in [0, 0.05) is 12.6 Å². The summed E-state index contributed by atoms with van der Waals surface area (Å²) in [6, 6.07) is 0.884. The van der Waals surface area contributed by atoms with E-state index in [9.17, 15) is 0 Å². The molecule has 0 spiro atoms. The van der Waals surface area contributed by atoms with Gasteiger partial charge >= 0.3 is 0 Å². The fraction of sp³-hybridized carbons (Fsp3) is 1.00. The van der Waals surface area contributed by atoms with E-state index in [1.54, 1.807) is 0 Å². The molecule has 0 saturated carbocycles. The molecule has 1 heteroatoms. The molecule has 1 fully saturated rings. The van der Waals surface area contributed by atoms with Crippen LogP contribution >= 0.6 is 0 Å². The standard InChI is InChI=1S/C4H9N/c1-2-4-3-5-4/h4-5H,2-3H2,1H3/t4-/m0/s1. The van der Waals surface area contributed by atoms with Crippen LogP contribution in [-0.2, 0) is 0 Å². The van der Waals surface area contributed by atoms with Crippen molar-refractivity contribution in [3.8, 4) is 0 Å². The normalized spacial score (nSPS) is 34.2. The van der Waals surface area contributed by atoms with Crippen molar-refractivity contribution >= 4 is 0 Å². The second kappa shape index (κ2) is 0.977. The van der Waals surface area contributed by atoms with Gasteiger partial charge in [-0.05, 0) is 6.42 Å². The first-order chi connectivity index (χ1) is 2.43. The topological polar surface area (TPSA) is 21.9 Å². The molecule has 0 aliphatic carbocycles. The number of nitrogens with one attached hydrogen (secondary N) is 1. The minimum Gasteiger partial charge on any atom is -0.311 e. The Kier molecular flexibility index (Phi) is 0.618. The Labute approximate surface area is 32.4 Å². The highest BCUT2D eigenvalue weighted by Gasteiger charge is 2.15. The maximum atomic E-state index is 3.18. The average Bonchev–Trinajstić information content (AvgIpc) is 2.12. The molecule has 0 aromatic heterocycles. The van der Waals surface area contributed by atoms with Crippen LogP contribution in [-0.4, -0.2) is 12.6 Å². The summed E-state index contributed by atoms with van der Waals surface area (Å²) in [5, 5.41) is 3.18. The maximum Gasteiger partial charge on any atom is 0.0190 e. The molecule has 0 aromatic carbocycles. The quantitative estimate of drug-likeness (QED) is 0.443. The zero-order valence-electron chi connectivity index (χ0n) is 3.49. The van der Waals surface area contributed by atoms with Crippen LogP contribution < -0.4 is 5.32 Å². The molecule has 1 rings (SSSR count). The van der Waals surface area contributed by atoms with E-state index >= 15 is 0 Å². The molecular weight excluding hydrogens is 62.1 g/mol. The summed E-state index contributed by atoms with van der Waals surface area (Å²) in [7, 11) is 0. The van der Waals surface area contributed by atoms with E-state index in [1.807, 2.05) is 0 Å². The fourth-order valence-corrected chi connectivity index (χ4v) is 0.372. The van der Waals surface area contributed by atoms with E-state index in [-0.39, 0.29) is 0 Å². The Morgan fingerprint density at radius 1 is 2.00 bits per heavy atom. The molecule has 0 radical (unpaired) electrons. The van der Waals surface area contributed by atoms with Gasteiger partial charge in [0.1, 0.15) is 0 Å². The molecule has 1 aliphatic rings. The van der Waals surface area contributed by atoms with Crippen LogP contribution in [0, 0.1) is 0 Å². The SMILES string of the molecule is CC[C@H]1CN1. The maximum absolute atomic E-state index is 3.18. The lowest BCUT2D eigenvalue weighted by Crippen LogP contribution is -1.81. The number of rotatable bonds is 1. The molecule has 0 bridgehead atoms. The second-order valence-corrected chi connectivity index (χ2v) is 1.51. The van der Waals surface area contributed by atoms with Gasteiger partial charge in [0.2, 0.25) is 0 Å². The Morgan fingerprint density at radius 2 is 2.60 bits per heavy atom. The van der Waals surface area contributed by atoms with Crippen molar-refractivity contribution in [2.75, 3.05) is 6.54 Å². The van der Waals surface area contributed by atoms with Crippen LogP contribution in [0.4, 0.5) is 0 Å². The van der Waals surface area contributed by atoms with Crippen LogP contribution in [0.2, 0.25) is 0 Å². The van der Waals surface area contributed by atoms with Gasteiger partial charge in [0.05, 0.1) is 0 Å². The van der Waals surface area contributed by atoms with E-state index in [0.29, 0.717) is 0 Å². The van der Waals surface area contributed by atoms with Crippen LogP contribution in [0.1, 0.15) is 13.3 Å². The first kappa shape index (κ1) is 3.16. The second-order valence-electron chi connectivity index (χ2n) is 1.51. The molecule has 0 aromatic rings. The molecule has 1 atom stereocenters. The van der Waals surface area contributed by atoms with Gasteiger partial charge in [0.15, 0.2) is 0 Å². The Bertz CT molecular complexity index is 30.6. The van der Waals surface area contributed by atoms with E-state index < -0.39 is 0 Å². The summed E-state index contributed by atoms with van der Waals surface area (Å²) >= 11 is 0. The molecule has 0 unspecified atom stereocenters. The highest BCUT2D eigenvalue weighted by atomic mass is 15.1. The molecule has 1 N–H and O–H groups in total. The van der Waals surface area contributed by atoms with Crippen molar-refractivity contribution in [2.24, 2.45) is 0 Å². The van der Waals surface area contributed by atoms with Crippen LogP contribution in [0.5, 0.6) is 0 Å². The van der Waals surface area contributed by atoms with E-state index in [2.05, 4.69) is 12.2 Å². The molecule has 1 heterocycles. The van der Waals surface area contributed by atoms with Crippen LogP contribution in [0.3, 0.4) is 0 Å². The van der Waals surface area contributed by atoms with E-state index in [0.717, 1.165) is 6.04 Å². The van der Waals surface area contributed by atoms with Gasteiger partial charge in [-0.3, -0.25) is 0 Å². The largest absolute Gasteiger partial charge is 0.311 e. The summed E-state index contributed by atoms with van der Waals surface area (Å²) in [6.45, 7) is 3.46. The molecule has 1 aliphatic heterocycles. The third-order valence-corrected chi connectivity index (χ3v) is 0.986. The van der Waals surface area contributed by atoms with Gasteiger partial charge in [-0.15, -0.1) is 0 Å². The van der Waals surface area contributed by atoms with Crippen molar-refractivity contribution in [1.29, 1.82) is 0 Å². The molecule has 5 heavy (non-hydrogen) atoms. The fourth-order valence-electron chi connectivity index (χ4n) is 0.372.